The summed E-state index contributed by atoms with van der Waals surface area (Å²) in [6.45, 7) is 3.22. The van der Waals surface area contributed by atoms with Crippen molar-refractivity contribution in [2.75, 3.05) is 25.0 Å². The topological polar surface area (TPSA) is 94.5 Å². The van der Waals surface area contributed by atoms with Crippen molar-refractivity contribution in [2.24, 2.45) is 0 Å². The standard InChI is InChI=1S/C16H19ClN4O3/c1-2-24-16(23)21-7-5-12(6-8-21)19-15(22)20-13-4-3-11(10-18)14(17)9-13/h3-4,9,12H,2,5-8H2,1H3,(H2,19,20,22). The minimum Gasteiger partial charge on any atom is -0.450 e. The number of carbonyl (C=O) groups excluding carboxylic acids is 2. The Morgan fingerprint density at radius 2 is 2.12 bits per heavy atom. The molecule has 0 unspecified atom stereocenters. The van der Waals surface area contributed by atoms with Crippen LogP contribution < -0.4 is 10.6 Å². The first-order valence-corrected chi connectivity index (χ1v) is 8.10. The highest BCUT2D eigenvalue weighted by atomic mass is 35.5. The van der Waals surface area contributed by atoms with E-state index in [1.54, 1.807) is 24.0 Å². The van der Waals surface area contributed by atoms with Crippen LogP contribution in [0, 0.1) is 11.3 Å². The number of ether oxygens (including phenoxy) is 1. The van der Waals surface area contributed by atoms with Gasteiger partial charge in [0, 0.05) is 24.8 Å². The number of halogens is 1. The van der Waals surface area contributed by atoms with E-state index in [1.807, 2.05) is 6.07 Å². The maximum Gasteiger partial charge on any atom is 0.409 e. The summed E-state index contributed by atoms with van der Waals surface area (Å²) in [5.74, 6) is 0. The predicted octanol–water partition coefficient (Wildman–Crippen LogP) is 2.95. The molecular formula is C16H19ClN4O3. The largest absolute Gasteiger partial charge is 0.450 e. The van der Waals surface area contributed by atoms with Gasteiger partial charge in [0.25, 0.3) is 0 Å². The Morgan fingerprint density at radius 1 is 1.42 bits per heavy atom. The molecule has 1 aliphatic rings. The van der Waals surface area contributed by atoms with Crippen molar-refractivity contribution in [3.63, 3.8) is 0 Å². The number of benzene rings is 1. The predicted molar refractivity (Wildman–Crippen MR) is 89.9 cm³/mol. The number of amides is 3. The molecule has 8 heteroatoms. The van der Waals surface area contributed by atoms with E-state index in [0.29, 0.717) is 43.8 Å². The van der Waals surface area contributed by atoms with Gasteiger partial charge >= 0.3 is 12.1 Å². The Balaban J connectivity index is 1.81. The smallest absolute Gasteiger partial charge is 0.409 e. The second-order valence-corrected chi connectivity index (χ2v) is 5.77. The zero-order chi connectivity index (χ0) is 17.5. The summed E-state index contributed by atoms with van der Waals surface area (Å²) in [6, 6.07) is 6.31. The molecular weight excluding hydrogens is 332 g/mol. The number of rotatable bonds is 3. The van der Waals surface area contributed by atoms with E-state index in [4.69, 9.17) is 21.6 Å². The third-order valence-electron chi connectivity index (χ3n) is 3.70. The molecule has 2 rings (SSSR count). The van der Waals surface area contributed by atoms with Crippen molar-refractivity contribution >= 4 is 29.4 Å². The van der Waals surface area contributed by atoms with Crippen LogP contribution in [0.25, 0.3) is 0 Å². The van der Waals surface area contributed by atoms with Crippen LogP contribution in [0.5, 0.6) is 0 Å². The van der Waals surface area contributed by atoms with Crippen molar-refractivity contribution < 1.29 is 14.3 Å². The molecule has 3 amide bonds. The Morgan fingerprint density at radius 3 is 2.71 bits per heavy atom. The third-order valence-corrected chi connectivity index (χ3v) is 4.02. The molecule has 1 aromatic rings. The van der Waals surface area contributed by atoms with Crippen LogP contribution in [0.4, 0.5) is 15.3 Å². The van der Waals surface area contributed by atoms with E-state index in [9.17, 15) is 9.59 Å². The fourth-order valence-electron chi connectivity index (χ4n) is 2.46. The maximum atomic E-state index is 12.0. The van der Waals surface area contributed by atoms with E-state index in [0.717, 1.165) is 0 Å². The van der Waals surface area contributed by atoms with Crippen molar-refractivity contribution in [3.05, 3.63) is 28.8 Å². The fraction of sp³-hybridized carbons (Fsp3) is 0.438. The summed E-state index contributed by atoms with van der Waals surface area (Å²) in [7, 11) is 0. The van der Waals surface area contributed by atoms with Crippen LogP contribution >= 0.6 is 11.6 Å². The van der Waals surface area contributed by atoms with Crippen LogP contribution in [-0.2, 0) is 4.74 Å². The van der Waals surface area contributed by atoms with Crippen LogP contribution in [0.2, 0.25) is 5.02 Å². The highest BCUT2D eigenvalue weighted by molar-refractivity contribution is 6.32. The van der Waals surface area contributed by atoms with E-state index >= 15 is 0 Å². The number of likely N-dealkylation sites (tertiary alicyclic amines) is 1. The lowest BCUT2D eigenvalue weighted by molar-refractivity contribution is 0.0959. The number of anilines is 1. The van der Waals surface area contributed by atoms with E-state index < -0.39 is 0 Å². The highest BCUT2D eigenvalue weighted by Gasteiger charge is 2.24. The summed E-state index contributed by atoms with van der Waals surface area (Å²) in [6.07, 6.45) is 1.02. The minimum atomic E-state index is -0.342. The summed E-state index contributed by atoms with van der Waals surface area (Å²) in [5.41, 5.74) is 0.870. The molecule has 0 atom stereocenters. The molecule has 0 bridgehead atoms. The number of carbonyl (C=O) groups is 2. The lowest BCUT2D eigenvalue weighted by Crippen LogP contribution is -2.47. The first kappa shape index (κ1) is 17.9. The van der Waals surface area contributed by atoms with Crippen molar-refractivity contribution in [2.45, 2.75) is 25.8 Å². The van der Waals surface area contributed by atoms with Gasteiger partial charge < -0.3 is 20.3 Å². The first-order valence-electron chi connectivity index (χ1n) is 7.72. The van der Waals surface area contributed by atoms with Crippen molar-refractivity contribution in [3.8, 4) is 6.07 Å². The number of nitriles is 1. The van der Waals surface area contributed by atoms with Gasteiger partial charge in [0.15, 0.2) is 0 Å². The van der Waals surface area contributed by atoms with Crippen LogP contribution in [0.3, 0.4) is 0 Å². The number of piperidine rings is 1. The summed E-state index contributed by atoms with van der Waals surface area (Å²) in [5, 5.41) is 14.7. The maximum absolute atomic E-state index is 12.0. The SMILES string of the molecule is CCOC(=O)N1CCC(NC(=O)Nc2ccc(C#N)c(Cl)c2)CC1. The van der Waals surface area contributed by atoms with Crippen LogP contribution in [0.1, 0.15) is 25.3 Å². The molecule has 0 saturated carbocycles. The summed E-state index contributed by atoms with van der Waals surface area (Å²) < 4.78 is 4.96. The Bertz CT molecular complexity index is 651. The lowest BCUT2D eigenvalue weighted by atomic mass is 10.1. The average Bonchev–Trinajstić information content (AvgIpc) is 2.56. The quantitative estimate of drug-likeness (QED) is 0.876. The molecule has 1 saturated heterocycles. The normalized spacial score (nSPS) is 14.6. The molecule has 0 radical (unpaired) electrons. The first-order chi connectivity index (χ1) is 11.5. The number of hydrogen-bond acceptors (Lipinski definition) is 4. The second kappa shape index (κ2) is 8.41. The van der Waals surface area contributed by atoms with E-state index in [-0.39, 0.29) is 23.2 Å². The average molecular weight is 351 g/mol. The van der Waals surface area contributed by atoms with Gasteiger partial charge in [-0.05, 0) is 38.0 Å². The lowest BCUT2D eigenvalue weighted by Gasteiger charge is -2.31. The molecule has 1 heterocycles. The molecule has 0 spiro atoms. The zero-order valence-corrected chi connectivity index (χ0v) is 14.1. The van der Waals surface area contributed by atoms with Gasteiger partial charge in [-0.15, -0.1) is 0 Å². The van der Waals surface area contributed by atoms with Crippen molar-refractivity contribution in [1.82, 2.24) is 10.2 Å². The molecule has 7 nitrogen and oxygen atoms in total. The summed E-state index contributed by atoms with van der Waals surface area (Å²) >= 11 is 5.93. The van der Waals surface area contributed by atoms with Gasteiger partial charge in [0.05, 0.1) is 17.2 Å². The Hall–Kier alpha value is -2.46. The third kappa shape index (κ3) is 4.77. The van der Waals surface area contributed by atoms with Gasteiger partial charge in [-0.25, -0.2) is 9.59 Å². The van der Waals surface area contributed by atoms with Crippen LogP contribution in [-0.4, -0.2) is 42.8 Å². The minimum absolute atomic E-state index is 0.00969. The summed E-state index contributed by atoms with van der Waals surface area (Å²) in [4.78, 5) is 25.3. The van der Waals surface area contributed by atoms with Gasteiger partial charge in [-0.3, -0.25) is 0 Å². The van der Waals surface area contributed by atoms with Gasteiger partial charge in [0.2, 0.25) is 0 Å². The van der Waals surface area contributed by atoms with E-state index in [2.05, 4.69) is 10.6 Å². The fourth-order valence-corrected chi connectivity index (χ4v) is 2.68. The Kier molecular flexibility index (Phi) is 6.27. The van der Waals surface area contributed by atoms with Crippen LogP contribution in [0.15, 0.2) is 18.2 Å². The molecule has 1 fully saturated rings. The molecule has 1 aromatic carbocycles. The molecule has 128 valence electrons. The number of urea groups is 1. The van der Waals surface area contributed by atoms with Crippen molar-refractivity contribution in [1.29, 1.82) is 5.26 Å². The molecule has 0 aliphatic carbocycles. The number of hydrogen-bond donors (Lipinski definition) is 2. The van der Waals surface area contributed by atoms with E-state index in [1.165, 1.54) is 6.07 Å². The molecule has 2 N–H and O–H groups in total. The van der Waals surface area contributed by atoms with Gasteiger partial charge in [0.1, 0.15) is 6.07 Å². The van der Waals surface area contributed by atoms with Gasteiger partial charge in [-0.1, -0.05) is 11.6 Å². The molecule has 0 aromatic heterocycles. The molecule has 1 aliphatic heterocycles. The zero-order valence-electron chi connectivity index (χ0n) is 13.3. The number of nitrogens with zero attached hydrogens (tertiary/aromatic N) is 2. The number of nitrogens with one attached hydrogen (secondary N) is 2. The van der Waals surface area contributed by atoms with Gasteiger partial charge in [-0.2, -0.15) is 5.26 Å². The molecule has 24 heavy (non-hydrogen) atoms. The highest BCUT2D eigenvalue weighted by Crippen LogP contribution is 2.20. The Labute approximate surface area is 145 Å². The second-order valence-electron chi connectivity index (χ2n) is 5.37. The monoisotopic (exact) mass is 350 g/mol.